The molecule has 0 amide bonds. The molecule has 0 aliphatic carbocycles. The summed E-state index contributed by atoms with van der Waals surface area (Å²) >= 11 is 6.00. The van der Waals surface area contributed by atoms with Crippen molar-refractivity contribution in [3.8, 4) is 0 Å². The lowest BCUT2D eigenvalue weighted by Gasteiger charge is -2.29. The van der Waals surface area contributed by atoms with Crippen molar-refractivity contribution in [2.75, 3.05) is 31.2 Å². The molecule has 2 rings (SSSR count). The molecular formula is C12H14ClNO2. The van der Waals surface area contributed by atoms with Crippen molar-refractivity contribution < 1.29 is 9.53 Å². The van der Waals surface area contributed by atoms with Gasteiger partial charge in [0, 0.05) is 29.4 Å². The molecule has 0 bridgehead atoms. The number of hydrogen-bond donors (Lipinski definition) is 0. The highest BCUT2D eigenvalue weighted by Gasteiger charge is 2.13. The highest BCUT2D eigenvalue weighted by atomic mass is 35.5. The van der Waals surface area contributed by atoms with Gasteiger partial charge in [0.1, 0.15) is 0 Å². The van der Waals surface area contributed by atoms with E-state index >= 15 is 0 Å². The number of rotatable bonds is 2. The zero-order valence-electron chi connectivity index (χ0n) is 9.20. The van der Waals surface area contributed by atoms with Crippen molar-refractivity contribution in [3.63, 3.8) is 0 Å². The number of anilines is 1. The van der Waals surface area contributed by atoms with Crippen LogP contribution in [0.1, 0.15) is 17.3 Å². The number of nitrogens with zero attached hydrogens (tertiary/aromatic N) is 1. The molecule has 1 fully saturated rings. The first-order chi connectivity index (χ1) is 7.66. The molecule has 0 aromatic heterocycles. The van der Waals surface area contributed by atoms with Gasteiger partial charge in [0.25, 0.3) is 0 Å². The molecule has 1 saturated heterocycles. The van der Waals surface area contributed by atoms with Gasteiger partial charge >= 0.3 is 0 Å². The van der Waals surface area contributed by atoms with Crippen LogP contribution in [0.25, 0.3) is 0 Å². The summed E-state index contributed by atoms with van der Waals surface area (Å²) < 4.78 is 5.29. The predicted octanol–water partition coefficient (Wildman–Crippen LogP) is 2.38. The van der Waals surface area contributed by atoms with Gasteiger partial charge in [-0.25, -0.2) is 0 Å². The van der Waals surface area contributed by atoms with Crippen LogP contribution in [0.15, 0.2) is 18.2 Å². The van der Waals surface area contributed by atoms with E-state index in [0.29, 0.717) is 10.6 Å². The van der Waals surface area contributed by atoms with Gasteiger partial charge in [0.15, 0.2) is 5.78 Å². The zero-order chi connectivity index (χ0) is 11.5. The third-order valence-corrected chi connectivity index (χ3v) is 2.88. The Morgan fingerprint density at radius 2 is 2.00 bits per heavy atom. The minimum absolute atomic E-state index is 0.0389. The average molecular weight is 240 g/mol. The van der Waals surface area contributed by atoms with Crippen LogP contribution in [0.2, 0.25) is 5.02 Å². The Bertz CT molecular complexity index is 400. The van der Waals surface area contributed by atoms with Crippen molar-refractivity contribution in [1.82, 2.24) is 0 Å². The van der Waals surface area contributed by atoms with Crippen molar-refractivity contribution in [3.05, 3.63) is 28.8 Å². The maximum Gasteiger partial charge on any atom is 0.159 e. The van der Waals surface area contributed by atoms with Crippen molar-refractivity contribution in [1.29, 1.82) is 0 Å². The molecule has 0 atom stereocenters. The second-order valence-electron chi connectivity index (χ2n) is 3.85. The smallest absolute Gasteiger partial charge is 0.159 e. The number of benzene rings is 1. The van der Waals surface area contributed by atoms with Crippen LogP contribution in [0.5, 0.6) is 0 Å². The lowest BCUT2D eigenvalue weighted by molar-refractivity contribution is 0.101. The Hall–Kier alpha value is -1.06. The quantitative estimate of drug-likeness (QED) is 0.743. The van der Waals surface area contributed by atoms with Crippen LogP contribution in [0.4, 0.5) is 5.69 Å². The van der Waals surface area contributed by atoms with Gasteiger partial charge in [-0.1, -0.05) is 11.6 Å². The Morgan fingerprint density at radius 1 is 1.31 bits per heavy atom. The van der Waals surface area contributed by atoms with Gasteiger partial charge in [0.2, 0.25) is 0 Å². The lowest BCUT2D eigenvalue weighted by Crippen LogP contribution is -2.36. The van der Waals surface area contributed by atoms with E-state index < -0.39 is 0 Å². The van der Waals surface area contributed by atoms with Crippen molar-refractivity contribution in [2.45, 2.75) is 6.92 Å². The Balaban J connectivity index is 2.28. The fraction of sp³-hybridized carbons (Fsp3) is 0.417. The van der Waals surface area contributed by atoms with Crippen LogP contribution >= 0.6 is 11.6 Å². The minimum atomic E-state index is 0.0389. The molecule has 1 heterocycles. The summed E-state index contributed by atoms with van der Waals surface area (Å²) in [6.45, 7) is 4.69. The number of carbonyl (C=O) groups is 1. The lowest BCUT2D eigenvalue weighted by atomic mass is 10.1. The molecule has 0 radical (unpaired) electrons. The maximum atomic E-state index is 11.3. The molecule has 1 aliphatic heterocycles. The van der Waals surface area contributed by atoms with Gasteiger partial charge < -0.3 is 9.64 Å². The normalized spacial score (nSPS) is 16.2. The molecule has 86 valence electrons. The number of morpholine rings is 1. The van der Waals surface area contributed by atoms with Gasteiger partial charge in [-0.15, -0.1) is 0 Å². The molecule has 3 nitrogen and oxygen atoms in total. The second-order valence-corrected chi connectivity index (χ2v) is 4.29. The number of halogens is 1. The number of Topliss-reactive ketones (excluding diaryl/α,β-unsaturated/α-hetero) is 1. The highest BCUT2D eigenvalue weighted by Crippen LogP contribution is 2.23. The molecule has 0 N–H and O–H groups in total. The van der Waals surface area contributed by atoms with E-state index in [1.54, 1.807) is 13.0 Å². The highest BCUT2D eigenvalue weighted by molar-refractivity contribution is 6.31. The molecule has 1 aromatic rings. The van der Waals surface area contributed by atoms with Gasteiger partial charge in [-0.2, -0.15) is 0 Å². The zero-order valence-corrected chi connectivity index (χ0v) is 9.96. The van der Waals surface area contributed by atoms with Gasteiger partial charge in [0.05, 0.1) is 13.2 Å². The Morgan fingerprint density at radius 3 is 2.62 bits per heavy atom. The Kier molecular flexibility index (Phi) is 3.46. The van der Waals surface area contributed by atoms with E-state index in [9.17, 15) is 4.79 Å². The van der Waals surface area contributed by atoms with Crippen LogP contribution in [0, 0.1) is 0 Å². The Labute approximate surface area is 100.0 Å². The molecule has 1 aliphatic rings. The first-order valence-electron chi connectivity index (χ1n) is 5.31. The molecule has 4 heteroatoms. The van der Waals surface area contributed by atoms with Crippen LogP contribution in [0.3, 0.4) is 0 Å². The van der Waals surface area contributed by atoms with Crippen LogP contribution in [-0.2, 0) is 4.74 Å². The summed E-state index contributed by atoms with van der Waals surface area (Å²) in [5.41, 5.74) is 1.66. The van der Waals surface area contributed by atoms with Crippen LogP contribution in [-0.4, -0.2) is 32.1 Å². The first-order valence-corrected chi connectivity index (χ1v) is 5.69. The third-order valence-electron chi connectivity index (χ3n) is 2.67. The second kappa shape index (κ2) is 4.85. The fourth-order valence-corrected chi connectivity index (χ4v) is 2.01. The molecule has 0 spiro atoms. The summed E-state index contributed by atoms with van der Waals surface area (Å²) in [6, 6.07) is 5.48. The van der Waals surface area contributed by atoms with E-state index in [2.05, 4.69) is 4.90 Å². The summed E-state index contributed by atoms with van der Waals surface area (Å²) in [7, 11) is 0. The SMILES string of the molecule is CC(=O)c1cc(Cl)cc(N2CCOCC2)c1. The summed E-state index contributed by atoms with van der Waals surface area (Å²) in [4.78, 5) is 13.5. The maximum absolute atomic E-state index is 11.3. The molecule has 0 unspecified atom stereocenters. The molecular weight excluding hydrogens is 226 g/mol. The summed E-state index contributed by atoms with van der Waals surface area (Å²) in [6.07, 6.45) is 0. The van der Waals surface area contributed by atoms with Gasteiger partial charge in [-0.05, 0) is 25.1 Å². The summed E-state index contributed by atoms with van der Waals surface area (Å²) in [5.74, 6) is 0.0389. The number of hydrogen-bond acceptors (Lipinski definition) is 3. The van der Waals surface area contributed by atoms with Crippen molar-refractivity contribution in [2.24, 2.45) is 0 Å². The molecule has 16 heavy (non-hydrogen) atoms. The molecule has 0 saturated carbocycles. The van der Waals surface area contributed by atoms with Crippen LogP contribution < -0.4 is 4.90 Å². The monoisotopic (exact) mass is 239 g/mol. The predicted molar refractivity (Wildman–Crippen MR) is 64.5 cm³/mol. The fourth-order valence-electron chi connectivity index (χ4n) is 1.78. The van der Waals surface area contributed by atoms with Gasteiger partial charge in [-0.3, -0.25) is 4.79 Å². The number of carbonyl (C=O) groups excluding carboxylic acids is 1. The molecule has 1 aromatic carbocycles. The summed E-state index contributed by atoms with van der Waals surface area (Å²) in [5, 5.41) is 0.606. The third kappa shape index (κ3) is 2.54. The standard InChI is InChI=1S/C12H14ClNO2/c1-9(15)10-6-11(13)8-12(7-10)14-2-4-16-5-3-14/h6-8H,2-5H2,1H3. The van der Waals surface area contributed by atoms with E-state index in [0.717, 1.165) is 32.0 Å². The first kappa shape index (κ1) is 11.4. The van der Waals surface area contributed by atoms with E-state index in [-0.39, 0.29) is 5.78 Å². The largest absolute Gasteiger partial charge is 0.378 e. The number of ether oxygens (including phenoxy) is 1. The average Bonchev–Trinajstić information content (AvgIpc) is 2.29. The topological polar surface area (TPSA) is 29.5 Å². The van der Waals surface area contributed by atoms with E-state index in [1.807, 2.05) is 12.1 Å². The minimum Gasteiger partial charge on any atom is -0.378 e. The van der Waals surface area contributed by atoms with E-state index in [4.69, 9.17) is 16.3 Å². The van der Waals surface area contributed by atoms with Crippen molar-refractivity contribution >= 4 is 23.1 Å². The number of ketones is 1. The van der Waals surface area contributed by atoms with E-state index in [1.165, 1.54) is 0 Å².